The molecule has 0 aliphatic carbocycles. The number of hydrogen-bond donors (Lipinski definition) is 3. The lowest BCUT2D eigenvalue weighted by molar-refractivity contribution is -0.119. The van der Waals surface area contributed by atoms with E-state index in [4.69, 9.17) is 14.6 Å². The molecule has 3 N–H and O–H groups in total. The summed E-state index contributed by atoms with van der Waals surface area (Å²) in [6, 6.07) is 18.4. The second-order valence-electron chi connectivity index (χ2n) is 9.11. The summed E-state index contributed by atoms with van der Waals surface area (Å²) in [4.78, 5) is 22.3. The molecule has 3 heterocycles. The fourth-order valence-electron chi connectivity index (χ4n) is 4.56. The molecule has 0 fully saturated rings. The van der Waals surface area contributed by atoms with Crippen LogP contribution in [-0.4, -0.2) is 44.5 Å². The fourth-order valence-corrected chi connectivity index (χ4v) is 4.56. The number of pyridine rings is 1. The van der Waals surface area contributed by atoms with Gasteiger partial charge in [0.2, 0.25) is 11.9 Å². The molecular weight excluding hydrogens is 496 g/mol. The molecule has 0 bridgehead atoms. The van der Waals surface area contributed by atoms with Crippen molar-refractivity contribution >= 4 is 17.5 Å². The molecule has 0 saturated carbocycles. The lowest BCUT2D eigenvalue weighted by Gasteiger charge is -2.34. The zero-order chi connectivity index (χ0) is 27.2. The third kappa shape index (κ3) is 5.75. The minimum atomic E-state index is -0.731. The Hall–Kier alpha value is -4.70. The molecule has 0 unspecified atom stereocenters. The van der Waals surface area contributed by atoms with Crippen LogP contribution in [0.2, 0.25) is 0 Å². The van der Waals surface area contributed by atoms with Gasteiger partial charge in [0.1, 0.15) is 12.5 Å². The van der Waals surface area contributed by atoms with Crippen molar-refractivity contribution in [1.82, 2.24) is 19.7 Å². The second kappa shape index (κ2) is 11.8. The summed E-state index contributed by atoms with van der Waals surface area (Å²) in [5.74, 6) is 1.15. The van der Waals surface area contributed by atoms with Gasteiger partial charge < -0.3 is 25.2 Å². The van der Waals surface area contributed by atoms with E-state index in [1.807, 2.05) is 48.5 Å². The summed E-state index contributed by atoms with van der Waals surface area (Å²) in [6.07, 6.45) is 4.26. The highest BCUT2D eigenvalue weighted by Crippen LogP contribution is 2.41. The molecule has 5 rings (SSSR count). The summed E-state index contributed by atoms with van der Waals surface area (Å²) in [5.41, 5.74) is 2.86. The number of nitrogens with one attached hydrogen (secondary N) is 2. The van der Waals surface area contributed by atoms with Crippen molar-refractivity contribution in [2.75, 3.05) is 24.4 Å². The average molecular weight is 527 g/mol. The van der Waals surface area contributed by atoms with Gasteiger partial charge in [-0.25, -0.2) is 4.68 Å². The van der Waals surface area contributed by atoms with Crippen molar-refractivity contribution in [3.63, 3.8) is 0 Å². The van der Waals surface area contributed by atoms with Crippen LogP contribution in [0.5, 0.6) is 11.5 Å². The molecule has 2 aromatic carbocycles. The number of fused-ring (bicyclic) bond motifs is 1. The number of aryl methyl sites for hydroxylation is 1. The molecule has 1 amide bonds. The van der Waals surface area contributed by atoms with Gasteiger partial charge in [0.05, 0.1) is 25.0 Å². The number of methoxy groups -OCH3 is 1. The van der Waals surface area contributed by atoms with E-state index in [-0.39, 0.29) is 12.5 Å². The van der Waals surface area contributed by atoms with Gasteiger partial charge in [0.15, 0.2) is 17.3 Å². The number of carbonyl (C=O) groups is 1. The molecule has 0 saturated heterocycles. The Morgan fingerprint density at radius 1 is 1.15 bits per heavy atom. The standard InChI is InChI=1S/C29H30N6O4/c1-19-26(28(37)32-22-10-6-14-30-17-22)27(35-29(31-19)33-25(34-35)11-7-15-36)21-12-13-23(24(16-21)38-2)39-18-20-8-4-3-5-9-20/h3-6,8-10,12-14,16-17,26-27,36H,1,7,11,15,18H2,2H3,(H,32,37)(H,31,33,34)/t26-,27-/m0/s1. The molecule has 4 aromatic rings. The Labute approximate surface area is 226 Å². The molecule has 10 heteroatoms. The van der Waals surface area contributed by atoms with Crippen molar-refractivity contribution in [3.8, 4) is 11.5 Å². The van der Waals surface area contributed by atoms with Gasteiger partial charge in [-0.2, -0.15) is 10.1 Å². The number of amides is 1. The van der Waals surface area contributed by atoms with Crippen molar-refractivity contribution < 1.29 is 19.4 Å². The number of carbonyl (C=O) groups excluding carboxylic acids is 1. The first-order chi connectivity index (χ1) is 19.1. The van der Waals surface area contributed by atoms with E-state index in [1.165, 1.54) is 0 Å². The van der Waals surface area contributed by atoms with Crippen LogP contribution in [0.3, 0.4) is 0 Å². The number of aliphatic hydroxyl groups is 1. The quantitative estimate of drug-likeness (QED) is 0.284. The van der Waals surface area contributed by atoms with E-state index < -0.39 is 12.0 Å². The summed E-state index contributed by atoms with van der Waals surface area (Å²) in [5, 5.41) is 20.1. The van der Waals surface area contributed by atoms with Crippen molar-refractivity contribution in [1.29, 1.82) is 0 Å². The zero-order valence-corrected chi connectivity index (χ0v) is 21.6. The third-order valence-electron chi connectivity index (χ3n) is 6.44. The maximum absolute atomic E-state index is 13.6. The van der Waals surface area contributed by atoms with Gasteiger partial charge in [-0.3, -0.25) is 9.78 Å². The highest BCUT2D eigenvalue weighted by Gasteiger charge is 2.40. The first kappa shape index (κ1) is 25.9. The minimum Gasteiger partial charge on any atom is -0.493 e. The number of benzene rings is 2. The van der Waals surface area contributed by atoms with Gasteiger partial charge in [-0.05, 0) is 41.8 Å². The van der Waals surface area contributed by atoms with E-state index in [1.54, 1.807) is 36.3 Å². The molecule has 10 nitrogen and oxygen atoms in total. The Morgan fingerprint density at radius 3 is 2.74 bits per heavy atom. The first-order valence-electron chi connectivity index (χ1n) is 12.6. The van der Waals surface area contributed by atoms with Gasteiger partial charge in [0, 0.05) is 24.9 Å². The van der Waals surface area contributed by atoms with E-state index in [0.29, 0.717) is 54.1 Å². The highest BCUT2D eigenvalue weighted by molar-refractivity contribution is 5.95. The summed E-state index contributed by atoms with van der Waals surface area (Å²) in [7, 11) is 1.58. The second-order valence-corrected chi connectivity index (χ2v) is 9.11. The normalized spacial score (nSPS) is 16.2. The molecule has 2 atom stereocenters. The van der Waals surface area contributed by atoms with Gasteiger partial charge in [-0.1, -0.05) is 43.0 Å². The number of rotatable bonds is 10. The zero-order valence-electron chi connectivity index (χ0n) is 21.6. The maximum Gasteiger partial charge on any atom is 0.236 e. The Kier molecular flexibility index (Phi) is 7.83. The van der Waals surface area contributed by atoms with Gasteiger partial charge in [0.25, 0.3) is 0 Å². The topological polar surface area (TPSA) is 123 Å². The smallest absolute Gasteiger partial charge is 0.236 e. The lowest BCUT2D eigenvalue weighted by atomic mass is 9.88. The number of anilines is 2. The molecule has 1 aliphatic rings. The number of aliphatic hydroxyl groups excluding tert-OH is 1. The summed E-state index contributed by atoms with van der Waals surface area (Å²) < 4.78 is 13.4. The third-order valence-corrected chi connectivity index (χ3v) is 6.44. The molecule has 2 aromatic heterocycles. The molecule has 0 spiro atoms. The Bertz CT molecular complexity index is 1440. The number of aromatic nitrogens is 4. The van der Waals surface area contributed by atoms with Crippen molar-refractivity contribution in [2.45, 2.75) is 25.5 Å². The highest BCUT2D eigenvalue weighted by atomic mass is 16.5. The Balaban J connectivity index is 1.50. The minimum absolute atomic E-state index is 0.0330. The van der Waals surface area contributed by atoms with Crippen LogP contribution in [0.25, 0.3) is 0 Å². The van der Waals surface area contributed by atoms with Crippen LogP contribution >= 0.6 is 0 Å². The average Bonchev–Trinajstić information content (AvgIpc) is 3.37. The maximum atomic E-state index is 13.6. The number of nitrogens with zero attached hydrogens (tertiary/aromatic N) is 4. The van der Waals surface area contributed by atoms with Crippen LogP contribution in [-0.2, 0) is 17.8 Å². The molecular formula is C29H30N6O4. The molecule has 0 radical (unpaired) electrons. The van der Waals surface area contributed by atoms with Crippen LogP contribution in [0.4, 0.5) is 11.6 Å². The van der Waals surface area contributed by atoms with Crippen LogP contribution in [0, 0.1) is 5.92 Å². The van der Waals surface area contributed by atoms with Crippen LogP contribution in [0.1, 0.15) is 29.4 Å². The largest absolute Gasteiger partial charge is 0.493 e. The molecule has 1 aliphatic heterocycles. The molecule has 39 heavy (non-hydrogen) atoms. The summed E-state index contributed by atoms with van der Waals surface area (Å²) in [6.45, 7) is 4.58. The van der Waals surface area contributed by atoms with E-state index >= 15 is 0 Å². The number of hydrogen-bond acceptors (Lipinski definition) is 8. The van der Waals surface area contributed by atoms with Gasteiger partial charge in [-0.15, -0.1) is 0 Å². The predicted octanol–water partition coefficient (Wildman–Crippen LogP) is 3.97. The van der Waals surface area contributed by atoms with Crippen LogP contribution in [0.15, 0.2) is 85.3 Å². The first-order valence-corrected chi connectivity index (χ1v) is 12.6. The van der Waals surface area contributed by atoms with E-state index in [2.05, 4.69) is 27.2 Å². The van der Waals surface area contributed by atoms with E-state index in [0.717, 1.165) is 11.1 Å². The summed E-state index contributed by atoms with van der Waals surface area (Å²) >= 11 is 0. The predicted molar refractivity (Wildman–Crippen MR) is 146 cm³/mol. The fraction of sp³-hybridized carbons (Fsp3) is 0.241. The lowest BCUT2D eigenvalue weighted by Crippen LogP contribution is -2.39. The number of ether oxygens (including phenoxy) is 2. The SMILES string of the molecule is C=C1Nc2nc(CCCO)nn2[C@@H](c2ccc(OCc3ccccc3)c(OC)c2)[C@H]1C(=O)Nc1cccnc1. The van der Waals surface area contributed by atoms with Crippen molar-refractivity contribution in [2.24, 2.45) is 5.92 Å². The van der Waals surface area contributed by atoms with Crippen molar-refractivity contribution in [3.05, 3.63) is 102 Å². The Morgan fingerprint density at radius 2 is 2.00 bits per heavy atom. The van der Waals surface area contributed by atoms with Crippen LogP contribution < -0.4 is 20.1 Å². The van der Waals surface area contributed by atoms with E-state index in [9.17, 15) is 9.90 Å². The monoisotopic (exact) mass is 526 g/mol. The molecule has 200 valence electrons. The van der Waals surface area contributed by atoms with Gasteiger partial charge >= 0.3 is 0 Å².